The second-order valence-corrected chi connectivity index (χ2v) is 8.08. The van der Waals surface area contributed by atoms with Gasteiger partial charge < -0.3 is 4.57 Å². The molecule has 2 aromatic rings. The number of sulfonamides is 1. The highest BCUT2D eigenvalue weighted by molar-refractivity contribution is 7.91. The van der Waals surface area contributed by atoms with Crippen molar-refractivity contribution in [3.63, 3.8) is 0 Å². The van der Waals surface area contributed by atoms with Crippen molar-refractivity contribution in [1.29, 1.82) is 0 Å². The van der Waals surface area contributed by atoms with E-state index in [0.717, 1.165) is 11.3 Å². The number of thiophene rings is 1. The molecule has 5 nitrogen and oxygen atoms in total. The Kier molecular flexibility index (Phi) is 3.73. The van der Waals surface area contributed by atoms with E-state index in [-0.39, 0.29) is 11.6 Å². The first-order valence-corrected chi connectivity index (χ1v) is 9.07. The summed E-state index contributed by atoms with van der Waals surface area (Å²) in [5.41, 5.74) is 2.03. The average molecular weight is 324 g/mol. The third-order valence-corrected chi connectivity index (χ3v) is 6.73. The zero-order valence-electron chi connectivity index (χ0n) is 11.6. The molecule has 1 N–H and O–H groups in total. The maximum atomic E-state index is 12.2. The summed E-state index contributed by atoms with van der Waals surface area (Å²) in [6.45, 7) is 0. The highest BCUT2D eigenvalue weighted by Gasteiger charge is 2.25. The van der Waals surface area contributed by atoms with Gasteiger partial charge >= 0.3 is 0 Å². The molecule has 2 heterocycles. The van der Waals surface area contributed by atoms with E-state index in [1.165, 1.54) is 17.4 Å². The largest absolute Gasteiger partial charge is 0.315 e. The molecule has 21 heavy (non-hydrogen) atoms. The molecule has 0 aromatic carbocycles. The lowest BCUT2D eigenvalue weighted by Crippen LogP contribution is -2.40. The first kappa shape index (κ1) is 14.5. The van der Waals surface area contributed by atoms with Crippen LogP contribution in [0.25, 0.3) is 0 Å². The van der Waals surface area contributed by atoms with E-state index >= 15 is 0 Å². The van der Waals surface area contributed by atoms with Crippen LogP contribution < -0.4 is 10.3 Å². The van der Waals surface area contributed by atoms with E-state index in [1.54, 1.807) is 29.1 Å². The van der Waals surface area contributed by atoms with Crippen molar-refractivity contribution in [2.24, 2.45) is 7.05 Å². The van der Waals surface area contributed by atoms with Gasteiger partial charge in [0.15, 0.2) is 0 Å². The Bertz CT molecular complexity index is 807. The summed E-state index contributed by atoms with van der Waals surface area (Å²) in [5, 5.41) is 1.75. The Morgan fingerprint density at radius 1 is 1.33 bits per heavy atom. The number of nitrogens with zero attached hydrogens (tertiary/aromatic N) is 1. The smallest absolute Gasteiger partial charge is 0.250 e. The Labute approximate surface area is 127 Å². The summed E-state index contributed by atoms with van der Waals surface area (Å²) in [4.78, 5) is 11.6. The van der Waals surface area contributed by atoms with Crippen molar-refractivity contribution in [3.8, 4) is 0 Å². The van der Waals surface area contributed by atoms with E-state index in [0.29, 0.717) is 23.5 Å². The lowest BCUT2D eigenvalue weighted by Gasteiger charge is -2.26. The van der Waals surface area contributed by atoms with Crippen LogP contribution in [0, 0.1) is 0 Å². The third-order valence-electron chi connectivity index (χ3n) is 3.81. The summed E-state index contributed by atoms with van der Waals surface area (Å²) in [6.07, 6.45) is 2.03. The molecule has 1 unspecified atom stereocenters. The summed E-state index contributed by atoms with van der Waals surface area (Å²) in [7, 11) is -1.68. The quantitative estimate of drug-likeness (QED) is 0.925. The van der Waals surface area contributed by atoms with Gasteiger partial charge in [-0.1, -0.05) is 12.1 Å². The van der Waals surface area contributed by atoms with Crippen molar-refractivity contribution in [2.75, 3.05) is 0 Å². The predicted octanol–water partition coefficient (Wildman–Crippen LogP) is 1.28. The van der Waals surface area contributed by atoms with Gasteiger partial charge in [0, 0.05) is 24.8 Å². The van der Waals surface area contributed by atoms with Crippen molar-refractivity contribution in [2.45, 2.75) is 29.5 Å². The minimum absolute atomic E-state index is 0.0219. The second-order valence-electron chi connectivity index (χ2n) is 5.20. The molecule has 0 radical (unpaired) electrons. The maximum absolute atomic E-state index is 12.2. The van der Waals surface area contributed by atoms with Gasteiger partial charge in [-0.15, -0.1) is 11.3 Å². The molecule has 0 saturated carbocycles. The highest BCUT2D eigenvalue weighted by atomic mass is 32.2. The highest BCUT2D eigenvalue weighted by Crippen LogP contribution is 2.22. The second kappa shape index (κ2) is 5.40. The number of pyridine rings is 1. The molecule has 1 atom stereocenters. The molecule has 0 fully saturated rings. The van der Waals surface area contributed by atoms with E-state index in [9.17, 15) is 13.2 Å². The lowest BCUT2D eigenvalue weighted by atomic mass is 9.92. The first-order valence-electron chi connectivity index (χ1n) is 6.71. The first-order chi connectivity index (χ1) is 9.97. The molecule has 1 aliphatic carbocycles. The number of hydrogen-bond donors (Lipinski definition) is 1. The molecule has 0 amide bonds. The van der Waals surface area contributed by atoms with Crippen LogP contribution in [0.5, 0.6) is 0 Å². The van der Waals surface area contributed by atoms with Crippen LogP contribution in [0.15, 0.2) is 38.6 Å². The van der Waals surface area contributed by atoms with E-state index in [4.69, 9.17) is 0 Å². The van der Waals surface area contributed by atoms with Crippen molar-refractivity contribution in [3.05, 3.63) is 51.3 Å². The zero-order chi connectivity index (χ0) is 15.0. The molecule has 1 aliphatic rings. The van der Waals surface area contributed by atoms with Crippen LogP contribution in [0.3, 0.4) is 0 Å². The molecule has 2 aromatic heterocycles. The van der Waals surface area contributed by atoms with Crippen LogP contribution in [-0.4, -0.2) is 19.0 Å². The van der Waals surface area contributed by atoms with Crippen molar-refractivity contribution in [1.82, 2.24) is 9.29 Å². The van der Waals surface area contributed by atoms with Crippen LogP contribution >= 0.6 is 11.3 Å². The van der Waals surface area contributed by atoms with E-state index < -0.39 is 10.0 Å². The summed E-state index contributed by atoms with van der Waals surface area (Å²) in [6, 6.07) is 6.55. The SMILES string of the molecule is Cn1c2c(ccc1=O)CC(NS(=O)(=O)c1cccs1)CC2. The Morgan fingerprint density at radius 3 is 2.86 bits per heavy atom. The van der Waals surface area contributed by atoms with Gasteiger partial charge in [0.25, 0.3) is 0 Å². The molecule has 0 spiro atoms. The van der Waals surface area contributed by atoms with Crippen LogP contribution in [0.4, 0.5) is 0 Å². The number of fused-ring (bicyclic) bond motifs is 1. The van der Waals surface area contributed by atoms with Gasteiger partial charge in [-0.3, -0.25) is 4.79 Å². The number of nitrogens with one attached hydrogen (secondary N) is 1. The molecular weight excluding hydrogens is 308 g/mol. The number of hydrogen-bond acceptors (Lipinski definition) is 4. The molecule has 3 rings (SSSR count). The zero-order valence-corrected chi connectivity index (χ0v) is 13.2. The molecular formula is C14H16N2O3S2. The predicted molar refractivity (Wildman–Crippen MR) is 82.1 cm³/mol. The normalized spacial score (nSPS) is 18.4. The minimum Gasteiger partial charge on any atom is -0.315 e. The van der Waals surface area contributed by atoms with Gasteiger partial charge in [-0.25, -0.2) is 13.1 Å². The van der Waals surface area contributed by atoms with Crippen LogP contribution in [0.1, 0.15) is 17.7 Å². The van der Waals surface area contributed by atoms with Gasteiger partial charge in [0.2, 0.25) is 15.6 Å². The third kappa shape index (κ3) is 2.81. The Balaban J connectivity index is 1.82. The number of rotatable bonds is 3. The van der Waals surface area contributed by atoms with Crippen molar-refractivity contribution >= 4 is 21.4 Å². The van der Waals surface area contributed by atoms with Gasteiger partial charge in [-0.05, 0) is 36.3 Å². The standard InChI is InChI=1S/C14H16N2O3S2/c1-16-12-6-5-11(9-10(12)4-7-13(16)17)15-21(18,19)14-3-2-8-20-14/h2-4,7-8,11,15H,5-6,9H2,1H3. The summed E-state index contributed by atoms with van der Waals surface area (Å²) < 4.78 is 29.2. The molecule has 112 valence electrons. The van der Waals surface area contributed by atoms with E-state index in [1.807, 2.05) is 6.07 Å². The Hall–Kier alpha value is -1.44. The fourth-order valence-corrected chi connectivity index (χ4v) is 5.00. The van der Waals surface area contributed by atoms with E-state index in [2.05, 4.69) is 4.72 Å². The van der Waals surface area contributed by atoms with Gasteiger partial charge in [0.1, 0.15) is 4.21 Å². The van der Waals surface area contributed by atoms with Gasteiger partial charge in [-0.2, -0.15) is 0 Å². The monoisotopic (exact) mass is 324 g/mol. The van der Waals surface area contributed by atoms with Crippen LogP contribution in [0.2, 0.25) is 0 Å². The Morgan fingerprint density at radius 2 is 2.14 bits per heavy atom. The minimum atomic E-state index is -3.44. The van der Waals surface area contributed by atoms with Gasteiger partial charge in [0.05, 0.1) is 0 Å². The molecule has 0 aliphatic heterocycles. The fourth-order valence-electron chi connectivity index (χ4n) is 2.72. The number of aromatic nitrogens is 1. The van der Waals surface area contributed by atoms with Crippen LogP contribution in [-0.2, 0) is 29.9 Å². The maximum Gasteiger partial charge on any atom is 0.250 e. The average Bonchev–Trinajstić information content (AvgIpc) is 2.98. The molecule has 0 bridgehead atoms. The molecule has 0 saturated heterocycles. The summed E-state index contributed by atoms with van der Waals surface area (Å²) in [5.74, 6) is 0. The fraction of sp³-hybridized carbons (Fsp3) is 0.357. The van der Waals surface area contributed by atoms with Crippen molar-refractivity contribution < 1.29 is 8.42 Å². The lowest BCUT2D eigenvalue weighted by molar-refractivity contribution is 0.494. The topological polar surface area (TPSA) is 68.2 Å². The summed E-state index contributed by atoms with van der Waals surface area (Å²) >= 11 is 1.21. The molecule has 7 heteroatoms.